The van der Waals surface area contributed by atoms with Crippen molar-refractivity contribution in [1.82, 2.24) is 9.77 Å². The molecule has 0 saturated heterocycles. The molecule has 0 unspecified atom stereocenters. The van der Waals surface area contributed by atoms with Crippen LogP contribution < -0.4 is 46.6 Å². The number of nitrogens with zero attached hydrogens (tertiary/aromatic N) is 4. The molecule has 142 valence electrons. The highest BCUT2D eigenvalue weighted by Gasteiger charge is 2.19. The van der Waals surface area contributed by atoms with Gasteiger partial charge in [-0.05, 0) is 22.3 Å². The van der Waals surface area contributed by atoms with Crippen LogP contribution in [-0.4, -0.2) is 9.77 Å². The van der Waals surface area contributed by atoms with E-state index in [1.165, 1.54) is 17.0 Å². The van der Waals surface area contributed by atoms with Gasteiger partial charge in [0, 0.05) is 30.7 Å². The molecule has 0 bridgehead atoms. The summed E-state index contributed by atoms with van der Waals surface area (Å²) in [4.78, 5) is 0. The van der Waals surface area contributed by atoms with Crippen LogP contribution in [0, 0.1) is 41.3 Å². The fraction of sp³-hybridized carbons (Fsp3) is 0.364. The summed E-state index contributed by atoms with van der Waals surface area (Å²) in [5.74, 6) is 0. The predicted molar refractivity (Wildman–Crippen MR) is 55.0 cm³/mol. The van der Waals surface area contributed by atoms with Crippen LogP contribution in [-0.2, 0) is 7.05 Å². The number of hydrogen-bond acceptors (Lipinski definition) is 9. The van der Waals surface area contributed by atoms with Gasteiger partial charge < -0.3 is 0 Å². The van der Waals surface area contributed by atoms with E-state index < -0.39 is 20.5 Å². The monoisotopic (exact) mass is 402 g/mol. The molecule has 25 heavy (non-hydrogen) atoms. The molecule has 0 radical (unpaired) electrons. The maximum Gasteiger partial charge on any atom is 0.329 e. The minimum atomic E-state index is -4.94. The first-order valence-corrected chi connectivity index (χ1v) is 8.69. The highest BCUT2D eigenvalue weighted by molar-refractivity contribution is 5.13. The molecular formula is C11H16Cl2N4O8. The van der Waals surface area contributed by atoms with E-state index in [0.29, 0.717) is 0 Å². The van der Waals surface area contributed by atoms with E-state index in [-0.39, 0.29) is 0 Å². The minimum Gasteiger partial charge on any atom is -0.222 e. The van der Waals surface area contributed by atoms with Crippen molar-refractivity contribution >= 4 is 0 Å². The number of aromatic nitrogens is 4. The second-order valence-corrected chi connectivity index (χ2v) is 6.20. The lowest BCUT2D eigenvalue weighted by atomic mass is 10.2. The summed E-state index contributed by atoms with van der Waals surface area (Å²) in [5, 5.41) is 4.16. The molecule has 14 heteroatoms. The molecule has 0 spiro atoms. The first-order valence-electron chi connectivity index (χ1n) is 6.22. The summed E-state index contributed by atoms with van der Waals surface area (Å²) >= 11 is 0. The molecule has 0 aromatic carbocycles. The van der Waals surface area contributed by atoms with E-state index in [9.17, 15) is 0 Å². The third-order valence-corrected chi connectivity index (χ3v) is 2.41. The van der Waals surface area contributed by atoms with Gasteiger partial charge in [0.2, 0.25) is 11.4 Å². The van der Waals surface area contributed by atoms with Crippen molar-refractivity contribution < 1.29 is 67.1 Å². The number of halogens is 2. The maximum absolute atomic E-state index is 8.49. The van der Waals surface area contributed by atoms with Crippen LogP contribution >= 0.6 is 0 Å². The Balaban J connectivity index is 0.000000480. The van der Waals surface area contributed by atoms with Crippen LogP contribution in [0.3, 0.4) is 0 Å². The molecule has 2 aromatic rings. The molecule has 2 heterocycles. The molecule has 0 aliphatic heterocycles. The third kappa shape index (κ3) is 12.5. The summed E-state index contributed by atoms with van der Waals surface area (Å²) in [7, 11) is -7.98. The Morgan fingerprint density at radius 1 is 0.840 bits per heavy atom. The van der Waals surface area contributed by atoms with Crippen molar-refractivity contribution in [3.63, 3.8) is 0 Å². The van der Waals surface area contributed by atoms with E-state index in [0.717, 1.165) is 0 Å². The summed E-state index contributed by atoms with van der Waals surface area (Å²) in [5.41, 5.74) is 3.68. The zero-order chi connectivity index (χ0) is 20.0. The average molecular weight is 403 g/mol. The second kappa shape index (κ2) is 9.30. The smallest absolute Gasteiger partial charge is 0.222 e. The normalized spacial score (nSPS) is 11.2. The van der Waals surface area contributed by atoms with Crippen LogP contribution in [0.1, 0.15) is 17.0 Å². The van der Waals surface area contributed by atoms with Gasteiger partial charge in [0.1, 0.15) is 7.05 Å². The first-order chi connectivity index (χ1) is 11.1. The molecule has 0 aliphatic carbocycles. The van der Waals surface area contributed by atoms with Crippen molar-refractivity contribution in [1.29, 1.82) is 0 Å². The van der Waals surface area contributed by atoms with Crippen molar-refractivity contribution in [2.24, 2.45) is 7.05 Å². The van der Waals surface area contributed by atoms with Crippen LogP contribution in [0.5, 0.6) is 0 Å². The molecule has 0 N–H and O–H groups in total. The molecule has 0 amide bonds. The van der Waals surface area contributed by atoms with E-state index in [1.807, 2.05) is 18.1 Å². The van der Waals surface area contributed by atoms with Gasteiger partial charge in [-0.25, -0.2) is 37.3 Å². The Kier molecular flexibility index (Phi) is 8.76. The SMILES string of the molecule is Cc1cc(C)[n+](-n2cn[n+](C)c2)c(C)c1.[O-][Cl+3]([O-])([O-])[O-].[O-][Cl+3]([O-])([O-])[O-]. The van der Waals surface area contributed by atoms with Crippen LogP contribution in [0.2, 0.25) is 0 Å². The van der Waals surface area contributed by atoms with Crippen molar-refractivity contribution in [3.8, 4) is 0 Å². The quantitative estimate of drug-likeness (QED) is 0.413. The molecule has 0 fully saturated rings. The predicted octanol–water partition coefficient (Wildman–Crippen LogP) is -9.28. The fourth-order valence-electron chi connectivity index (χ4n) is 1.93. The maximum atomic E-state index is 8.49. The third-order valence-electron chi connectivity index (χ3n) is 2.41. The lowest BCUT2D eigenvalue weighted by molar-refractivity contribution is -2.00. The van der Waals surface area contributed by atoms with E-state index in [2.05, 4.69) is 42.7 Å². The number of pyridine rings is 1. The minimum absolute atomic E-state index is 1.20. The van der Waals surface area contributed by atoms with Crippen molar-refractivity contribution in [3.05, 3.63) is 41.7 Å². The van der Waals surface area contributed by atoms with E-state index in [4.69, 9.17) is 37.3 Å². The Hall–Kier alpha value is -1.45. The Bertz CT molecular complexity index is 636. The topological polar surface area (TPSA) is 210 Å². The molecule has 0 aliphatic rings. The lowest BCUT2D eigenvalue weighted by Gasteiger charge is -2.17. The summed E-state index contributed by atoms with van der Waals surface area (Å²) < 4.78 is 73.8. The largest absolute Gasteiger partial charge is 0.329 e. The van der Waals surface area contributed by atoms with Gasteiger partial charge in [0.25, 0.3) is 6.33 Å². The first kappa shape index (κ1) is 23.5. The van der Waals surface area contributed by atoms with Crippen LogP contribution in [0.15, 0.2) is 24.8 Å². The van der Waals surface area contributed by atoms with Gasteiger partial charge in [-0.15, -0.1) is 25.2 Å². The zero-order valence-electron chi connectivity index (χ0n) is 13.6. The number of aryl methyl sites for hydroxylation is 4. The van der Waals surface area contributed by atoms with E-state index >= 15 is 0 Å². The number of hydrogen-bond donors (Lipinski definition) is 0. The van der Waals surface area contributed by atoms with Crippen LogP contribution in [0.4, 0.5) is 0 Å². The fourth-order valence-corrected chi connectivity index (χ4v) is 1.93. The standard InChI is InChI=1S/C11H16N4.2ClHO4/c1-9-5-10(2)15(11(3)6-9)14-7-12-13(4)8-14;2*2-1(3,4)5/h5-8H,1-4H3;2*(H,2,3,4,5)/q+2;;/p-2. The molecule has 12 nitrogen and oxygen atoms in total. The van der Waals surface area contributed by atoms with Gasteiger partial charge in [-0.3, -0.25) is 0 Å². The van der Waals surface area contributed by atoms with Gasteiger partial charge in [-0.2, -0.15) is 0 Å². The van der Waals surface area contributed by atoms with Gasteiger partial charge in [0.15, 0.2) is 0 Å². The molecule has 0 saturated carbocycles. The Morgan fingerprint density at radius 2 is 1.20 bits per heavy atom. The number of rotatable bonds is 1. The van der Waals surface area contributed by atoms with Crippen molar-refractivity contribution in [2.75, 3.05) is 0 Å². The van der Waals surface area contributed by atoms with E-state index in [1.54, 1.807) is 11.0 Å². The highest BCUT2D eigenvalue weighted by atomic mass is 35.7. The van der Waals surface area contributed by atoms with Crippen molar-refractivity contribution in [2.45, 2.75) is 20.8 Å². The van der Waals surface area contributed by atoms with Gasteiger partial charge in [0.05, 0.1) is 0 Å². The Labute approximate surface area is 147 Å². The summed E-state index contributed by atoms with van der Waals surface area (Å²) in [6, 6.07) is 4.32. The highest BCUT2D eigenvalue weighted by Crippen LogP contribution is 2.01. The molecular weight excluding hydrogens is 387 g/mol. The summed E-state index contributed by atoms with van der Waals surface area (Å²) in [6.07, 6.45) is 3.74. The average Bonchev–Trinajstić information content (AvgIpc) is 2.69. The van der Waals surface area contributed by atoms with Gasteiger partial charge in [-0.1, -0.05) is 0 Å². The van der Waals surface area contributed by atoms with Crippen LogP contribution in [0.25, 0.3) is 0 Å². The second-order valence-electron chi connectivity index (χ2n) is 4.68. The Morgan fingerprint density at radius 3 is 1.48 bits per heavy atom. The summed E-state index contributed by atoms with van der Waals surface area (Å²) in [6.45, 7) is 6.30. The lowest BCUT2D eigenvalue weighted by Crippen LogP contribution is -2.68. The molecule has 2 rings (SSSR count). The molecule has 2 aromatic heterocycles. The molecule has 0 atom stereocenters. The zero-order valence-corrected chi connectivity index (χ0v) is 15.1. The van der Waals surface area contributed by atoms with Gasteiger partial charge >= 0.3 is 6.33 Å².